The fraction of sp³-hybridized carbons (Fsp3) is 0.160. The number of nitrogens with one attached hydrogen (secondary N) is 3. The Morgan fingerprint density at radius 2 is 1.97 bits per heavy atom. The van der Waals surface area contributed by atoms with E-state index >= 15 is 0 Å². The fourth-order valence-corrected chi connectivity index (χ4v) is 3.35. The summed E-state index contributed by atoms with van der Waals surface area (Å²) in [6.07, 6.45) is 5.57. The van der Waals surface area contributed by atoms with Gasteiger partial charge in [0.2, 0.25) is 0 Å². The van der Waals surface area contributed by atoms with Crippen LogP contribution in [-0.2, 0) is 4.79 Å². The highest BCUT2D eigenvalue weighted by Crippen LogP contribution is 2.32. The molecule has 7 heteroatoms. The highest BCUT2D eigenvalue weighted by atomic mass is 16.1. The third-order valence-electron chi connectivity index (χ3n) is 4.91. The van der Waals surface area contributed by atoms with Crippen molar-refractivity contribution in [1.29, 1.82) is 0 Å². The van der Waals surface area contributed by atoms with Gasteiger partial charge in [-0.3, -0.25) is 9.69 Å². The number of aromatic nitrogens is 3. The second kappa shape index (κ2) is 9.33. The first kappa shape index (κ1) is 21.1. The van der Waals surface area contributed by atoms with Gasteiger partial charge in [0.05, 0.1) is 6.54 Å². The summed E-state index contributed by atoms with van der Waals surface area (Å²) in [4.78, 5) is 26.1. The molecule has 0 radical (unpaired) electrons. The van der Waals surface area contributed by atoms with Crippen molar-refractivity contribution in [2.45, 2.75) is 0 Å². The molecule has 0 spiro atoms. The van der Waals surface area contributed by atoms with Crippen molar-refractivity contribution in [2.24, 2.45) is 0 Å². The molecule has 0 unspecified atom stereocenters. The predicted octanol–water partition coefficient (Wildman–Crippen LogP) is 3.84. The molecule has 1 amide bonds. The number of hydrogen-bond donors (Lipinski definition) is 3. The number of aromatic amines is 1. The fourth-order valence-electron chi connectivity index (χ4n) is 3.35. The van der Waals surface area contributed by atoms with E-state index in [1.54, 1.807) is 6.20 Å². The highest BCUT2D eigenvalue weighted by Gasteiger charge is 2.10. The Morgan fingerprint density at radius 3 is 2.78 bits per heavy atom. The summed E-state index contributed by atoms with van der Waals surface area (Å²) in [6, 6.07) is 13.7. The number of amides is 1. The quantitative estimate of drug-likeness (QED) is 0.424. The maximum atomic E-state index is 12.1. The van der Waals surface area contributed by atoms with Crippen LogP contribution in [0.1, 0.15) is 0 Å². The first-order valence-corrected chi connectivity index (χ1v) is 10.2. The van der Waals surface area contributed by atoms with Gasteiger partial charge in [-0.1, -0.05) is 18.1 Å². The smallest absolute Gasteiger partial charge is 0.300 e. The van der Waals surface area contributed by atoms with Gasteiger partial charge in [-0.05, 0) is 61.5 Å². The van der Waals surface area contributed by atoms with Crippen LogP contribution >= 0.6 is 0 Å². The van der Waals surface area contributed by atoms with E-state index in [9.17, 15) is 4.79 Å². The molecule has 0 aliphatic carbocycles. The Morgan fingerprint density at radius 1 is 1.09 bits per heavy atom. The molecular weight excluding hydrogens is 400 g/mol. The van der Waals surface area contributed by atoms with Gasteiger partial charge in [0.15, 0.2) is 0 Å². The average Bonchev–Trinajstić information content (AvgIpc) is 3.22. The molecule has 0 bridgehead atoms. The van der Waals surface area contributed by atoms with Crippen molar-refractivity contribution < 1.29 is 4.79 Å². The van der Waals surface area contributed by atoms with Crippen molar-refractivity contribution in [3.8, 4) is 34.1 Å². The summed E-state index contributed by atoms with van der Waals surface area (Å²) in [5, 5.41) is 6.92. The highest BCUT2D eigenvalue weighted by molar-refractivity contribution is 6.04. The van der Waals surface area contributed by atoms with Crippen LogP contribution in [0.4, 0.5) is 11.5 Å². The number of pyridine rings is 2. The zero-order valence-corrected chi connectivity index (χ0v) is 18.2. The van der Waals surface area contributed by atoms with E-state index in [0.29, 0.717) is 12.2 Å². The minimum atomic E-state index is -0.330. The summed E-state index contributed by atoms with van der Waals surface area (Å²) >= 11 is 0. The molecule has 32 heavy (non-hydrogen) atoms. The monoisotopic (exact) mass is 424 g/mol. The van der Waals surface area contributed by atoms with Gasteiger partial charge >= 0.3 is 0 Å². The van der Waals surface area contributed by atoms with E-state index in [2.05, 4.69) is 43.5 Å². The SMILES string of the molecule is CNc1cc(-c2c[nH]c3ncc(-c4cccc(NC(=O)C#CCN(C)C)c4)cc23)ccn1. The molecule has 4 rings (SSSR count). The molecular formula is C25H24N6O. The third kappa shape index (κ3) is 4.77. The van der Waals surface area contributed by atoms with E-state index in [1.807, 2.05) is 74.8 Å². The first-order valence-electron chi connectivity index (χ1n) is 10.2. The third-order valence-corrected chi connectivity index (χ3v) is 4.91. The van der Waals surface area contributed by atoms with E-state index in [4.69, 9.17) is 0 Å². The summed E-state index contributed by atoms with van der Waals surface area (Å²) in [7, 11) is 5.66. The molecule has 0 aliphatic rings. The molecule has 1 aromatic carbocycles. The van der Waals surface area contributed by atoms with Gasteiger partial charge in [0.25, 0.3) is 5.91 Å². The lowest BCUT2D eigenvalue weighted by atomic mass is 10.0. The van der Waals surface area contributed by atoms with Crippen molar-refractivity contribution in [2.75, 3.05) is 38.3 Å². The molecule has 3 aromatic heterocycles. The standard InChI is InChI=1S/C25H24N6O/c1-26-23-14-18(9-10-27-23)22-16-29-25-21(22)13-19(15-28-25)17-6-4-7-20(12-17)30-24(32)8-5-11-31(2)3/h4,6-7,9-10,12-16H,11H2,1-3H3,(H,26,27)(H,28,29)(H,30,32). The van der Waals surface area contributed by atoms with Crippen LogP contribution in [0.2, 0.25) is 0 Å². The van der Waals surface area contributed by atoms with E-state index in [-0.39, 0.29) is 5.91 Å². The molecule has 4 aromatic rings. The van der Waals surface area contributed by atoms with E-state index in [1.165, 1.54) is 0 Å². The maximum Gasteiger partial charge on any atom is 0.300 e. The molecule has 3 N–H and O–H groups in total. The van der Waals surface area contributed by atoms with Gasteiger partial charge < -0.3 is 15.6 Å². The molecule has 0 fully saturated rings. The molecule has 0 saturated carbocycles. The average molecular weight is 425 g/mol. The topological polar surface area (TPSA) is 85.9 Å². The van der Waals surface area contributed by atoms with Crippen molar-refractivity contribution in [1.82, 2.24) is 19.9 Å². The van der Waals surface area contributed by atoms with Crippen LogP contribution in [0.3, 0.4) is 0 Å². The maximum absolute atomic E-state index is 12.1. The molecule has 7 nitrogen and oxygen atoms in total. The normalized spacial score (nSPS) is 10.6. The van der Waals surface area contributed by atoms with Gasteiger partial charge in [-0.15, -0.1) is 0 Å². The zero-order valence-electron chi connectivity index (χ0n) is 18.2. The first-order chi connectivity index (χ1) is 15.5. The number of hydrogen-bond acceptors (Lipinski definition) is 5. The summed E-state index contributed by atoms with van der Waals surface area (Å²) in [5.74, 6) is 5.92. The Labute approximate surface area is 186 Å². The minimum absolute atomic E-state index is 0.330. The number of carbonyl (C=O) groups is 1. The van der Waals surface area contributed by atoms with Crippen molar-refractivity contribution in [3.05, 3.63) is 61.1 Å². The lowest BCUT2D eigenvalue weighted by Gasteiger charge is -2.07. The Bertz CT molecular complexity index is 1330. The summed E-state index contributed by atoms with van der Waals surface area (Å²) < 4.78 is 0. The van der Waals surface area contributed by atoms with Crippen LogP contribution in [0, 0.1) is 11.8 Å². The largest absolute Gasteiger partial charge is 0.373 e. The summed E-state index contributed by atoms with van der Waals surface area (Å²) in [6.45, 7) is 0.533. The van der Waals surface area contributed by atoms with Crippen molar-refractivity contribution in [3.63, 3.8) is 0 Å². The lowest BCUT2D eigenvalue weighted by molar-refractivity contribution is -0.111. The Balaban J connectivity index is 1.63. The number of anilines is 2. The van der Waals surface area contributed by atoms with Crippen LogP contribution in [-0.4, -0.2) is 53.4 Å². The van der Waals surface area contributed by atoms with Gasteiger partial charge in [0.1, 0.15) is 11.5 Å². The van der Waals surface area contributed by atoms with Gasteiger partial charge in [0, 0.05) is 47.8 Å². The van der Waals surface area contributed by atoms with Gasteiger partial charge in [-0.25, -0.2) is 9.97 Å². The predicted molar refractivity (Wildman–Crippen MR) is 129 cm³/mol. The second-order valence-corrected chi connectivity index (χ2v) is 7.58. The van der Waals surface area contributed by atoms with Crippen LogP contribution in [0.15, 0.2) is 61.1 Å². The Kier molecular flexibility index (Phi) is 6.15. The molecule has 160 valence electrons. The molecule has 0 aliphatic heterocycles. The summed E-state index contributed by atoms with van der Waals surface area (Å²) in [5.41, 5.74) is 5.51. The number of rotatable bonds is 5. The number of H-pyrrole nitrogens is 1. The molecule has 0 saturated heterocycles. The lowest BCUT2D eigenvalue weighted by Crippen LogP contribution is -2.13. The number of nitrogens with zero attached hydrogens (tertiary/aromatic N) is 3. The Hall–Kier alpha value is -4.15. The minimum Gasteiger partial charge on any atom is -0.373 e. The van der Waals surface area contributed by atoms with Crippen molar-refractivity contribution >= 4 is 28.4 Å². The van der Waals surface area contributed by atoms with Crippen LogP contribution in [0.25, 0.3) is 33.3 Å². The van der Waals surface area contributed by atoms with Crippen LogP contribution < -0.4 is 10.6 Å². The number of benzene rings is 1. The number of carbonyl (C=O) groups excluding carboxylic acids is 1. The number of fused-ring (bicyclic) bond motifs is 1. The zero-order chi connectivity index (χ0) is 22.5. The second-order valence-electron chi connectivity index (χ2n) is 7.58. The van der Waals surface area contributed by atoms with E-state index in [0.717, 1.165) is 39.1 Å². The molecule has 3 heterocycles. The molecule has 0 atom stereocenters. The van der Waals surface area contributed by atoms with Crippen LogP contribution in [0.5, 0.6) is 0 Å². The van der Waals surface area contributed by atoms with E-state index < -0.39 is 0 Å². The van der Waals surface area contributed by atoms with Gasteiger partial charge in [-0.2, -0.15) is 0 Å².